The van der Waals surface area contributed by atoms with Gasteiger partial charge in [0.2, 0.25) is 15.9 Å². The summed E-state index contributed by atoms with van der Waals surface area (Å²) in [5.41, 5.74) is 3.50. The zero-order chi connectivity index (χ0) is 26.3. The van der Waals surface area contributed by atoms with Crippen LogP contribution in [-0.4, -0.2) is 54.2 Å². The molecule has 0 bridgehead atoms. The summed E-state index contributed by atoms with van der Waals surface area (Å²) in [5, 5.41) is 0. The van der Waals surface area contributed by atoms with Gasteiger partial charge in [0.25, 0.3) is 10.0 Å². The van der Waals surface area contributed by atoms with E-state index in [1.165, 1.54) is 37.2 Å². The number of aryl methyl sites for hydroxylation is 2. The van der Waals surface area contributed by atoms with Gasteiger partial charge in [-0.3, -0.25) is 9.10 Å². The summed E-state index contributed by atoms with van der Waals surface area (Å²) in [5.74, 6) is -0.393. The highest BCUT2D eigenvalue weighted by atomic mass is 32.2. The molecule has 3 aromatic carbocycles. The van der Waals surface area contributed by atoms with Crippen molar-refractivity contribution in [1.82, 2.24) is 4.31 Å². The summed E-state index contributed by atoms with van der Waals surface area (Å²) >= 11 is 0. The minimum atomic E-state index is -4.02. The maximum atomic E-state index is 13.7. The van der Waals surface area contributed by atoms with Crippen molar-refractivity contribution in [2.75, 3.05) is 36.4 Å². The molecule has 1 aliphatic rings. The molecule has 0 atom stereocenters. The van der Waals surface area contributed by atoms with Gasteiger partial charge in [-0.15, -0.1) is 0 Å². The number of rotatable bonds is 7. The van der Waals surface area contributed by atoms with E-state index in [0.29, 0.717) is 24.3 Å². The Morgan fingerprint density at radius 1 is 0.833 bits per heavy atom. The summed E-state index contributed by atoms with van der Waals surface area (Å²) in [6.45, 7) is 3.70. The van der Waals surface area contributed by atoms with E-state index in [-0.39, 0.29) is 9.79 Å². The van der Waals surface area contributed by atoms with E-state index in [2.05, 4.69) is 0 Å². The zero-order valence-electron chi connectivity index (χ0n) is 20.7. The molecule has 0 aromatic heterocycles. The van der Waals surface area contributed by atoms with E-state index < -0.39 is 32.5 Å². The lowest BCUT2D eigenvalue weighted by molar-refractivity contribution is -0.117. The van der Waals surface area contributed by atoms with Crippen LogP contribution in [0.15, 0.2) is 76.5 Å². The Labute approximate surface area is 212 Å². The molecular weight excluding hydrogens is 498 g/mol. The molecule has 36 heavy (non-hydrogen) atoms. The number of carbonyl (C=O) groups is 1. The van der Waals surface area contributed by atoms with Crippen LogP contribution in [0.2, 0.25) is 0 Å². The SMILES string of the molecule is Cc1cc(C)cc(N(CC(=O)N2CCc3cc(S(=O)(=O)N(C)C)ccc32)S(=O)(=O)c2ccccc2)c1. The third-order valence-corrected chi connectivity index (χ3v) is 9.73. The highest BCUT2D eigenvalue weighted by Gasteiger charge is 2.32. The lowest BCUT2D eigenvalue weighted by atomic mass is 10.1. The molecule has 0 unspecified atom stereocenters. The highest BCUT2D eigenvalue weighted by molar-refractivity contribution is 7.92. The van der Waals surface area contributed by atoms with Crippen molar-refractivity contribution in [3.8, 4) is 0 Å². The van der Waals surface area contributed by atoms with E-state index in [1.54, 1.807) is 42.5 Å². The number of hydrogen-bond donors (Lipinski definition) is 0. The number of nitrogens with zero attached hydrogens (tertiary/aromatic N) is 3. The second-order valence-corrected chi connectivity index (χ2v) is 13.1. The predicted octanol–water partition coefficient (Wildman–Crippen LogP) is 3.34. The molecule has 4 rings (SSSR count). The molecule has 10 heteroatoms. The first-order valence-corrected chi connectivity index (χ1v) is 14.3. The zero-order valence-corrected chi connectivity index (χ0v) is 22.3. The standard InChI is InChI=1S/C26H29N3O5S2/c1-19-14-20(2)16-22(15-19)29(36(33,34)23-8-6-5-7-9-23)18-26(30)28-13-12-21-17-24(10-11-25(21)28)35(31,32)27(3)4/h5-11,14-17H,12-13,18H2,1-4H3. The van der Waals surface area contributed by atoms with Gasteiger partial charge in [0, 0.05) is 26.3 Å². The van der Waals surface area contributed by atoms with E-state index in [0.717, 1.165) is 25.3 Å². The van der Waals surface area contributed by atoms with E-state index in [4.69, 9.17) is 0 Å². The molecule has 1 amide bonds. The molecule has 0 radical (unpaired) electrons. The minimum absolute atomic E-state index is 0.0947. The first-order valence-electron chi connectivity index (χ1n) is 11.4. The van der Waals surface area contributed by atoms with Gasteiger partial charge in [0.15, 0.2) is 0 Å². The van der Waals surface area contributed by atoms with E-state index in [1.807, 2.05) is 19.9 Å². The summed E-state index contributed by atoms with van der Waals surface area (Å²) in [4.78, 5) is 15.3. The fraction of sp³-hybridized carbons (Fsp3) is 0.269. The van der Waals surface area contributed by atoms with Crippen LogP contribution < -0.4 is 9.21 Å². The lowest BCUT2D eigenvalue weighted by Gasteiger charge is -2.27. The Balaban J connectivity index is 1.70. The van der Waals surface area contributed by atoms with E-state index >= 15 is 0 Å². The second kappa shape index (κ2) is 9.68. The Kier molecular flexibility index (Phi) is 6.96. The summed E-state index contributed by atoms with van der Waals surface area (Å²) in [7, 11) is -4.70. The van der Waals surface area contributed by atoms with Crippen molar-refractivity contribution in [2.24, 2.45) is 0 Å². The number of carbonyl (C=O) groups excluding carboxylic acids is 1. The maximum absolute atomic E-state index is 13.7. The van der Waals surface area contributed by atoms with Crippen molar-refractivity contribution < 1.29 is 21.6 Å². The molecule has 0 saturated carbocycles. The second-order valence-electron chi connectivity index (χ2n) is 9.04. The van der Waals surface area contributed by atoms with Gasteiger partial charge in [-0.1, -0.05) is 24.3 Å². The predicted molar refractivity (Wildman–Crippen MR) is 140 cm³/mol. The average molecular weight is 528 g/mol. The Morgan fingerprint density at radius 3 is 2.08 bits per heavy atom. The third kappa shape index (κ3) is 4.88. The number of amides is 1. The molecule has 0 spiro atoms. The van der Waals surface area contributed by atoms with Gasteiger partial charge in [-0.25, -0.2) is 21.1 Å². The average Bonchev–Trinajstić information content (AvgIpc) is 3.25. The van der Waals surface area contributed by atoms with Crippen LogP contribution in [0.5, 0.6) is 0 Å². The number of hydrogen-bond acceptors (Lipinski definition) is 5. The number of fused-ring (bicyclic) bond motifs is 1. The van der Waals surface area contributed by atoms with Crippen LogP contribution in [0.25, 0.3) is 0 Å². The fourth-order valence-corrected chi connectivity index (χ4v) is 6.72. The summed E-state index contributed by atoms with van der Waals surface area (Å²) < 4.78 is 54.6. The van der Waals surface area contributed by atoms with Crippen LogP contribution in [0.4, 0.5) is 11.4 Å². The molecule has 0 aliphatic carbocycles. The molecule has 3 aromatic rings. The van der Waals surface area contributed by atoms with Crippen molar-refractivity contribution in [2.45, 2.75) is 30.1 Å². The van der Waals surface area contributed by atoms with Gasteiger partial charge in [-0.05, 0) is 79.4 Å². The van der Waals surface area contributed by atoms with Crippen LogP contribution >= 0.6 is 0 Å². The Hall–Kier alpha value is -3.21. The molecule has 8 nitrogen and oxygen atoms in total. The lowest BCUT2D eigenvalue weighted by Crippen LogP contribution is -2.42. The van der Waals surface area contributed by atoms with E-state index in [9.17, 15) is 21.6 Å². The third-order valence-electron chi connectivity index (χ3n) is 6.13. The molecule has 0 N–H and O–H groups in total. The highest BCUT2D eigenvalue weighted by Crippen LogP contribution is 2.32. The van der Waals surface area contributed by atoms with Crippen LogP contribution in [-0.2, 0) is 31.3 Å². The van der Waals surface area contributed by atoms with Crippen LogP contribution in [0.3, 0.4) is 0 Å². The van der Waals surface area contributed by atoms with Crippen molar-refractivity contribution in [3.63, 3.8) is 0 Å². The molecule has 1 heterocycles. The molecule has 190 valence electrons. The van der Waals surface area contributed by atoms with Gasteiger partial charge in [0.05, 0.1) is 15.5 Å². The minimum Gasteiger partial charge on any atom is -0.310 e. The smallest absolute Gasteiger partial charge is 0.264 e. The summed E-state index contributed by atoms with van der Waals surface area (Å²) in [6.07, 6.45) is 0.479. The molecule has 0 saturated heterocycles. The first kappa shape index (κ1) is 25.9. The van der Waals surface area contributed by atoms with Crippen molar-refractivity contribution >= 4 is 37.3 Å². The monoisotopic (exact) mass is 527 g/mol. The quantitative estimate of drug-likeness (QED) is 0.470. The summed E-state index contributed by atoms with van der Waals surface area (Å²) in [6, 6.07) is 18.1. The van der Waals surface area contributed by atoms with Gasteiger partial charge >= 0.3 is 0 Å². The first-order chi connectivity index (χ1) is 16.9. The Bertz CT molecular complexity index is 1500. The fourth-order valence-electron chi connectivity index (χ4n) is 4.35. The van der Waals surface area contributed by atoms with Gasteiger partial charge in [-0.2, -0.15) is 0 Å². The number of anilines is 2. The van der Waals surface area contributed by atoms with Gasteiger partial charge in [0.1, 0.15) is 6.54 Å². The number of sulfonamides is 2. The van der Waals surface area contributed by atoms with Crippen molar-refractivity contribution in [3.05, 3.63) is 83.4 Å². The Morgan fingerprint density at radius 2 is 1.47 bits per heavy atom. The maximum Gasteiger partial charge on any atom is 0.264 e. The molecule has 1 aliphatic heterocycles. The topological polar surface area (TPSA) is 95.1 Å². The largest absolute Gasteiger partial charge is 0.310 e. The normalized spacial score (nSPS) is 13.6. The van der Waals surface area contributed by atoms with Gasteiger partial charge < -0.3 is 4.90 Å². The molecule has 0 fully saturated rings. The number of benzene rings is 3. The van der Waals surface area contributed by atoms with Crippen LogP contribution in [0, 0.1) is 13.8 Å². The van der Waals surface area contributed by atoms with Crippen molar-refractivity contribution in [1.29, 1.82) is 0 Å². The molecular formula is C26H29N3O5S2. The van der Waals surface area contributed by atoms with Crippen LogP contribution in [0.1, 0.15) is 16.7 Å².